The summed E-state index contributed by atoms with van der Waals surface area (Å²) in [5.74, 6) is 0.405. The van der Waals surface area contributed by atoms with E-state index in [4.69, 9.17) is 11.5 Å². The van der Waals surface area contributed by atoms with Crippen LogP contribution in [0.4, 0.5) is 11.8 Å². The third-order valence-electron chi connectivity index (χ3n) is 2.11. The van der Waals surface area contributed by atoms with Gasteiger partial charge in [-0.05, 0) is 12.3 Å². The van der Waals surface area contributed by atoms with Crippen LogP contribution in [0.1, 0.15) is 31.7 Å². The summed E-state index contributed by atoms with van der Waals surface area (Å²) < 4.78 is 0. The number of H-pyrrole nitrogens is 1. The van der Waals surface area contributed by atoms with Gasteiger partial charge in [0.2, 0.25) is 5.95 Å². The Hall–Kier alpha value is -1.52. The van der Waals surface area contributed by atoms with Crippen LogP contribution in [0.2, 0.25) is 0 Å². The Morgan fingerprint density at radius 1 is 1.54 bits per heavy atom. The van der Waals surface area contributed by atoms with Gasteiger partial charge in [-0.15, -0.1) is 0 Å². The second-order valence-electron chi connectivity index (χ2n) is 3.06. The summed E-state index contributed by atoms with van der Waals surface area (Å²) in [6.07, 6.45) is 0.846. The van der Waals surface area contributed by atoms with Crippen LogP contribution in [0.3, 0.4) is 0 Å². The zero-order valence-corrected chi connectivity index (χ0v) is 7.79. The smallest absolute Gasteiger partial charge is 0.257 e. The van der Waals surface area contributed by atoms with Crippen molar-refractivity contribution in [2.45, 2.75) is 26.2 Å². The van der Waals surface area contributed by atoms with Gasteiger partial charge in [0.05, 0.1) is 5.56 Å². The van der Waals surface area contributed by atoms with E-state index < -0.39 is 0 Å². The average molecular weight is 182 g/mol. The summed E-state index contributed by atoms with van der Waals surface area (Å²) in [6.45, 7) is 3.92. The van der Waals surface area contributed by atoms with Gasteiger partial charge in [-0.1, -0.05) is 13.8 Å². The minimum absolute atomic E-state index is 0.0644. The van der Waals surface area contributed by atoms with E-state index >= 15 is 0 Å². The van der Waals surface area contributed by atoms with Gasteiger partial charge < -0.3 is 11.5 Å². The number of anilines is 2. The average Bonchev–Trinajstić information content (AvgIpc) is 2.02. The molecule has 0 saturated carbocycles. The first-order valence-electron chi connectivity index (χ1n) is 4.21. The van der Waals surface area contributed by atoms with Crippen LogP contribution in [-0.4, -0.2) is 9.97 Å². The van der Waals surface area contributed by atoms with E-state index in [1.807, 2.05) is 13.8 Å². The Morgan fingerprint density at radius 3 is 2.62 bits per heavy atom. The highest BCUT2D eigenvalue weighted by molar-refractivity contribution is 5.43. The summed E-state index contributed by atoms with van der Waals surface area (Å²) in [5, 5.41) is 0. The third-order valence-corrected chi connectivity index (χ3v) is 2.11. The molecule has 0 aliphatic heterocycles. The second kappa shape index (κ2) is 3.47. The summed E-state index contributed by atoms with van der Waals surface area (Å²) in [5.41, 5.74) is 11.2. The number of aromatic amines is 1. The van der Waals surface area contributed by atoms with Gasteiger partial charge >= 0.3 is 0 Å². The third kappa shape index (κ3) is 1.80. The molecule has 5 heteroatoms. The zero-order valence-electron chi connectivity index (χ0n) is 7.79. The fourth-order valence-electron chi connectivity index (χ4n) is 1.20. The van der Waals surface area contributed by atoms with Crippen molar-refractivity contribution in [3.05, 3.63) is 15.9 Å². The first-order valence-corrected chi connectivity index (χ1v) is 4.21. The van der Waals surface area contributed by atoms with Crippen molar-refractivity contribution in [1.29, 1.82) is 0 Å². The second-order valence-corrected chi connectivity index (χ2v) is 3.06. The van der Waals surface area contributed by atoms with E-state index in [1.165, 1.54) is 0 Å². The lowest BCUT2D eigenvalue weighted by atomic mass is 10.0. The number of hydrogen-bond donors (Lipinski definition) is 3. The highest BCUT2D eigenvalue weighted by atomic mass is 16.1. The Balaban J connectivity index is 3.29. The van der Waals surface area contributed by atoms with E-state index in [1.54, 1.807) is 0 Å². The maximum atomic E-state index is 11.4. The van der Waals surface area contributed by atoms with E-state index in [-0.39, 0.29) is 23.2 Å². The number of nitrogen functional groups attached to an aromatic ring is 2. The van der Waals surface area contributed by atoms with Crippen molar-refractivity contribution in [3.63, 3.8) is 0 Å². The molecule has 0 fully saturated rings. The molecule has 0 amide bonds. The summed E-state index contributed by atoms with van der Waals surface area (Å²) in [7, 11) is 0. The molecule has 0 unspecified atom stereocenters. The van der Waals surface area contributed by atoms with Crippen molar-refractivity contribution in [2.24, 2.45) is 0 Å². The molecule has 0 saturated heterocycles. The van der Waals surface area contributed by atoms with E-state index in [0.717, 1.165) is 6.42 Å². The van der Waals surface area contributed by atoms with Crippen molar-refractivity contribution < 1.29 is 0 Å². The monoisotopic (exact) mass is 182 g/mol. The molecule has 1 rings (SSSR count). The van der Waals surface area contributed by atoms with E-state index in [2.05, 4.69) is 9.97 Å². The number of nitrogens with zero attached hydrogens (tertiary/aromatic N) is 1. The van der Waals surface area contributed by atoms with Crippen LogP contribution >= 0.6 is 0 Å². The zero-order chi connectivity index (χ0) is 10.0. The van der Waals surface area contributed by atoms with E-state index in [9.17, 15) is 4.79 Å². The van der Waals surface area contributed by atoms with Crippen LogP contribution in [0, 0.1) is 0 Å². The number of hydrogen-bond acceptors (Lipinski definition) is 4. The predicted octanol–water partition coefficient (Wildman–Crippen LogP) is 0.448. The molecule has 1 heterocycles. The summed E-state index contributed by atoms with van der Waals surface area (Å²) in [4.78, 5) is 17.6. The van der Waals surface area contributed by atoms with Gasteiger partial charge in [-0.2, -0.15) is 4.98 Å². The minimum Gasteiger partial charge on any atom is -0.383 e. The molecule has 72 valence electrons. The number of nitrogens with one attached hydrogen (secondary N) is 1. The number of rotatable bonds is 2. The molecule has 0 aliphatic carbocycles. The van der Waals surface area contributed by atoms with Crippen molar-refractivity contribution in [2.75, 3.05) is 11.5 Å². The van der Waals surface area contributed by atoms with Gasteiger partial charge in [0.15, 0.2) is 0 Å². The van der Waals surface area contributed by atoms with Crippen LogP contribution in [-0.2, 0) is 0 Å². The van der Waals surface area contributed by atoms with Crippen molar-refractivity contribution >= 4 is 11.8 Å². The SMILES string of the molecule is CC[C@H](C)c1c(N)nc(N)[nH]c1=O. The molecule has 13 heavy (non-hydrogen) atoms. The molecule has 5 nitrogen and oxygen atoms in total. The van der Waals surface area contributed by atoms with Crippen molar-refractivity contribution in [3.8, 4) is 0 Å². The summed E-state index contributed by atoms with van der Waals surface area (Å²) in [6, 6.07) is 0. The predicted molar refractivity (Wildman–Crippen MR) is 52.4 cm³/mol. The summed E-state index contributed by atoms with van der Waals surface area (Å²) >= 11 is 0. The van der Waals surface area contributed by atoms with Gasteiger partial charge in [-0.3, -0.25) is 9.78 Å². The maximum Gasteiger partial charge on any atom is 0.257 e. The van der Waals surface area contributed by atoms with Gasteiger partial charge in [-0.25, -0.2) is 0 Å². The Labute approximate surface area is 76.2 Å². The lowest BCUT2D eigenvalue weighted by Gasteiger charge is -2.09. The molecule has 1 aromatic rings. The molecular weight excluding hydrogens is 168 g/mol. The molecule has 5 N–H and O–H groups in total. The van der Waals surface area contributed by atoms with Gasteiger partial charge in [0.25, 0.3) is 5.56 Å². The first-order chi connectivity index (χ1) is 6.06. The molecule has 0 aromatic carbocycles. The molecule has 1 atom stereocenters. The molecule has 0 bridgehead atoms. The lowest BCUT2D eigenvalue weighted by Crippen LogP contribution is -2.20. The fourth-order valence-corrected chi connectivity index (χ4v) is 1.20. The number of aromatic nitrogens is 2. The van der Waals surface area contributed by atoms with Gasteiger partial charge in [0.1, 0.15) is 5.82 Å². The number of nitrogens with two attached hydrogens (primary N) is 2. The first kappa shape index (κ1) is 9.57. The van der Waals surface area contributed by atoms with Crippen LogP contribution in [0.5, 0.6) is 0 Å². The molecule has 0 aliphatic rings. The molecular formula is C8H14N4O. The quantitative estimate of drug-likeness (QED) is 0.618. The normalized spacial score (nSPS) is 12.8. The maximum absolute atomic E-state index is 11.4. The lowest BCUT2D eigenvalue weighted by molar-refractivity contribution is 0.720. The molecule has 0 spiro atoms. The van der Waals surface area contributed by atoms with E-state index in [0.29, 0.717) is 5.56 Å². The van der Waals surface area contributed by atoms with Crippen LogP contribution in [0.15, 0.2) is 4.79 Å². The van der Waals surface area contributed by atoms with Crippen LogP contribution < -0.4 is 17.0 Å². The fraction of sp³-hybridized carbons (Fsp3) is 0.500. The topological polar surface area (TPSA) is 97.8 Å². The van der Waals surface area contributed by atoms with Gasteiger partial charge in [0, 0.05) is 0 Å². The highest BCUT2D eigenvalue weighted by Crippen LogP contribution is 2.18. The van der Waals surface area contributed by atoms with Crippen molar-refractivity contribution in [1.82, 2.24) is 9.97 Å². The molecule has 0 radical (unpaired) electrons. The Morgan fingerprint density at radius 2 is 2.15 bits per heavy atom. The highest BCUT2D eigenvalue weighted by Gasteiger charge is 2.13. The van der Waals surface area contributed by atoms with Crippen LogP contribution in [0.25, 0.3) is 0 Å². The minimum atomic E-state index is -0.237. The largest absolute Gasteiger partial charge is 0.383 e. The Bertz CT molecular complexity index is 358. The molecule has 1 aromatic heterocycles. The standard InChI is InChI=1S/C8H14N4O/c1-3-4(2)5-6(9)11-8(10)12-7(5)13/h4H,3H2,1-2H3,(H5,9,10,11,12,13)/t4-/m0/s1. The Kier molecular flexibility index (Phi) is 2.55.